The lowest BCUT2D eigenvalue weighted by molar-refractivity contribution is -0.119. The largest absolute Gasteiger partial charge is 0.490 e. The summed E-state index contributed by atoms with van der Waals surface area (Å²) >= 11 is 0. The molecular formula is C28H25N3O4. The van der Waals surface area contributed by atoms with Crippen LogP contribution >= 0.6 is 0 Å². The molecule has 4 aromatic rings. The Labute approximate surface area is 203 Å². The lowest BCUT2D eigenvalue weighted by Gasteiger charge is -2.11. The molecule has 35 heavy (non-hydrogen) atoms. The smallest absolute Gasteiger partial charge is 0.343 e. The third-order valence-electron chi connectivity index (χ3n) is 5.11. The summed E-state index contributed by atoms with van der Waals surface area (Å²) in [5.74, 6) is -0.0441. The van der Waals surface area contributed by atoms with E-state index in [2.05, 4.69) is 15.8 Å². The van der Waals surface area contributed by atoms with E-state index >= 15 is 0 Å². The molecule has 0 saturated carbocycles. The van der Waals surface area contributed by atoms with E-state index in [1.54, 1.807) is 42.5 Å². The van der Waals surface area contributed by atoms with Crippen molar-refractivity contribution in [2.45, 2.75) is 6.92 Å². The maximum Gasteiger partial charge on any atom is 0.343 e. The van der Waals surface area contributed by atoms with E-state index in [1.165, 1.54) is 6.21 Å². The van der Waals surface area contributed by atoms with Gasteiger partial charge in [-0.05, 0) is 54.3 Å². The Hall–Kier alpha value is -4.65. The summed E-state index contributed by atoms with van der Waals surface area (Å²) in [6.07, 6.45) is 1.50. The van der Waals surface area contributed by atoms with Crippen LogP contribution in [0.5, 0.6) is 11.5 Å². The average Bonchev–Trinajstić information content (AvgIpc) is 2.89. The lowest BCUT2D eigenvalue weighted by Crippen LogP contribution is -2.25. The summed E-state index contributed by atoms with van der Waals surface area (Å²) < 4.78 is 11.1. The highest BCUT2D eigenvalue weighted by molar-refractivity contribution is 5.95. The number of carbonyl (C=O) groups is 2. The molecular weight excluding hydrogens is 442 g/mol. The first-order valence-corrected chi connectivity index (χ1v) is 11.2. The first kappa shape index (κ1) is 23.5. The van der Waals surface area contributed by atoms with E-state index in [4.69, 9.17) is 9.47 Å². The Morgan fingerprint density at radius 1 is 0.886 bits per heavy atom. The minimum absolute atomic E-state index is 0.0733. The van der Waals surface area contributed by atoms with Gasteiger partial charge in [0, 0.05) is 11.1 Å². The van der Waals surface area contributed by atoms with Crippen molar-refractivity contribution in [3.63, 3.8) is 0 Å². The molecule has 0 unspecified atom stereocenters. The van der Waals surface area contributed by atoms with Gasteiger partial charge in [0.1, 0.15) is 0 Å². The van der Waals surface area contributed by atoms with Gasteiger partial charge >= 0.3 is 5.97 Å². The van der Waals surface area contributed by atoms with E-state index in [0.29, 0.717) is 29.2 Å². The van der Waals surface area contributed by atoms with E-state index in [1.807, 2.05) is 55.5 Å². The number of nitrogens with one attached hydrogen (secondary N) is 2. The number of hydrogen-bond donors (Lipinski definition) is 2. The molecule has 4 aromatic carbocycles. The van der Waals surface area contributed by atoms with Crippen molar-refractivity contribution in [1.82, 2.24) is 5.43 Å². The normalized spacial score (nSPS) is 10.8. The second kappa shape index (κ2) is 11.5. The number of rotatable bonds is 9. The molecule has 0 bridgehead atoms. The number of amides is 1. The van der Waals surface area contributed by atoms with Gasteiger partial charge in [0.25, 0.3) is 5.91 Å². The Morgan fingerprint density at radius 2 is 1.66 bits per heavy atom. The third kappa shape index (κ3) is 6.23. The Bertz CT molecular complexity index is 1350. The zero-order valence-corrected chi connectivity index (χ0v) is 19.2. The van der Waals surface area contributed by atoms with E-state index < -0.39 is 5.97 Å². The summed E-state index contributed by atoms with van der Waals surface area (Å²) in [6.45, 7) is 2.31. The molecule has 0 aliphatic carbocycles. The van der Waals surface area contributed by atoms with Crippen molar-refractivity contribution in [1.29, 1.82) is 0 Å². The number of carbonyl (C=O) groups excluding carboxylic acids is 2. The van der Waals surface area contributed by atoms with Crippen molar-refractivity contribution >= 4 is 34.6 Å². The van der Waals surface area contributed by atoms with Gasteiger partial charge in [-0.3, -0.25) is 4.79 Å². The molecule has 0 atom stereocenters. The molecule has 0 aliphatic heterocycles. The predicted molar refractivity (Wildman–Crippen MR) is 137 cm³/mol. The molecule has 2 N–H and O–H groups in total. The quantitative estimate of drug-likeness (QED) is 0.156. The number of hydrazone groups is 1. The van der Waals surface area contributed by atoms with Crippen LogP contribution in [0.3, 0.4) is 0 Å². The van der Waals surface area contributed by atoms with Crippen LogP contribution in [0.2, 0.25) is 0 Å². The van der Waals surface area contributed by atoms with Gasteiger partial charge in [0.2, 0.25) is 0 Å². The minimum Gasteiger partial charge on any atom is -0.490 e. The molecule has 176 valence electrons. The molecule has 0 radical (unpaired) electrons. The zero-order valence-electron chi connectivity index (χ0n) is 19.2. The number of ether oxygens (including phenoxy) is 2. The fourth-order valence-electron chi connectivity index (χ4n) is 3.46. The summed E-state index contributed by atoms with van der Waals surface area (Å²) in [6, 6.07) is 27.6. The predicted octanol–water partition coefficient (Wildman–Crippen LogP) is 5.02. The summed E-state index contributed by atoms with van der Waals surface area (Å²) in [5.41, 5.74) is 4.51. The Balaban J connectivity index is 1.36. The summed E-state index contributed by atoms with van der Waals surface area (Å²) in [5, 5.41) is 9.31. The van der Waals surface area contributed by atoms with Crippen LogP contribution in [-0.4, -0.2) is 31.2 Å². The summed E-state index contributed by atoms with van der Waals surface area (Å²) in [4.78, 5) is 24.6. The van der Waals surface area contributed by atoms with Crippen molar-refractivity contribution in [2.24, 2.45) is 5.10 Å². The van der Waals surface area contributed by atoms with E-state index in [-0.39, 0.29) is 12.5 Å². The fourth-order valence-corrected chi connectivity index (χ4v) is 3.46. The van der Waals surface area contributed by atoms with Gasteiger partial charge in [0.15, 0.2) is 11.5 Å². The van der Waals surface area contributed by atoms with Crippen LogP contribution in [0, 0.1) is 0 Å². The topological polar surface area (TPSA) is 89.0 Å². The first-order chi connectivity index (χ1) is 17.1. The Kier molecular flexibility index (Phi) is 7.70. The minimum atomic E-state index is -0.473. The third-order valence-corrected chi connectivity index (χ3v) is 5.11. The molecule has 0 spiro atoms. The fraction of sp³-hybridized carbons (Fsp3) is 0.107. The monoisotopic (exact) mass is 467 g/mol. The number of anilines is 1. The second-order valence-electron chi connectivity index (χ2n) is 7.57. The van der Waals surface area contributed by atoms with Crippen LogP contribution in [0.1, 0.15) is 22.8 Å². The molecule has 0 heterocycles. The van der Waals surface area contributed by atoms with Crippen LogP contribution in [0.25, 0.3) is 10.8 Å². The molecule has 0 aliphatic rings. The van der Waals surface area contributed by atoms with E-state index in [9.17, 15) is 9.59 Å². The van der Waals surface area contributed by atoms with Crippen LogP contribution < -0.4 is 20.2 Å². The average molecular weight is 468 g/mol. The molecule has 7 nitrogen and oxygen atoms in total. The number of fused-ring (bicyclic) bond motifs is 1. The molecule has 1 amide bonds. The van der Waals surface area contributed by atoms with Crippen molar-refractivity contribution in [3.05, 3.63) is 102 Å². The van der Waals surface area contributed by atoms with Gasteiger partial charge in [-0.15, -0.1) is 0 Å². The van der Waals surface area contributed by atoms with Gasteiger partial charge in [-0.1, -0.05) is 54.6 Å². The van der Waals surface area contributed by atoms with Gasteiger partial charge in [0.05, 0.1) is 24.9 Å². The molecule has 4 rings (SSSR count). The van der Waals surface area contributed by atoms with Crippen LogP contribution in [-0.2, 0) is 4.79 Å². The highest BCUT2D eigenvalue weighted by Gasteiger charge is 2.13. The zero-order chi connectivity index (χ0) is 24.5. The highest BCUT2D eigenvalue weighted by Crippen LogP contribution is 2.29. The molecule has 7 heteroatoms. The molecule has 0 aromatic heterocycles. The van der Waals surface area contributed by atoms with Crippen molar-refractivity contribution < 1.29 is 19.1 Å². The molecule has 0 fully saturated rings. The number of benzene rings is 4. The maximum absolute atomic E-state index is 12.4. The first-order valence-electron chi connectivity index (χ1n) is 11.2. The SMILES string of the molecule is CCOc1cc(C=NNC(=O)CNc2cccc3ccccc23)ccc1OC(=O)c1ccccc1. The molecule has 0 saturated heterocycles. The van der Waals surface area contributed by atoms with Crippen molar-refractivity contribution in [3.8, 4) is 11.5 Å². The van der Waals surface area contributed by atoms with Crippen LogP contribution in [0.15, 0.2) is 96.1 Å². The van der Waals surface area contributed by atoms with Crippen LogP contribution in [0.4, 0.5) is 5.69 Å². The number of hydrogen-bond acceptors (Lipinski definition) is 6. The van der Waals surface area contributed by atoms with Crippen molar-refractivity contribution in [2.75, 3.05) is 18.5 Å². The standard InChI is InChI=1S/C28H25N3O4/c1-2-34-26-17-20(15-16-25(26)35-28(33)22-10-4-3-5-11-22)18-30-31-27(32)19-29-24-14-8-12-21-9-6-7-13-23(21)24/h3-18,29H,2,19H2,1H3,(H,31,32). The van der Waals surface area contributed by atoms with Gasteiger partial charge < -0.3 is 14.8 Å². The number of esters is 1. The summed E-state index contributed by atoms with van der Waals surface area (Å²) in [7, 11) is 0. The van der Waals surface area contributed by atoms with E-state index in [0.717, 1.165) is 16.5 Å². The van der Waals surface area contributed by atoms with Gasteiger partial charge in [-0.25, -0.2) is 10.2 Å². The van der Waals surface area contributed by atoms with Gasteiger partial charge in [-0.2, -0.15) is 5.10 Å². The second-order valence-corrected chi connectivity index (χ2v) is 7.57. The lowest BCUT2D eigenvalue weighted by atomic mass is 10.1. The Morgan fingerprint density at radius 3 is 2.49 bits per heavy atom. The highest BCUT2D eigenvalue weighted by atomic mass is 16.6. The maximum atomic E-state index is 12.4. The number of nitrogens with zero attached hydrogens (tertiary/aromatic N) is 1.